The minimum Gasteiger partial charge on any atom is -0.381 e. The summed E-state index contributed by atoms with van der Waals surface area (Å²) in [4.78, 5) is 26.8. The third kappa shape index (κ3) is 4.85. The highest BCUT2D eigenvalue weighted by Gasteiger charge is 2.30. The molecule has 6 heteroatoms. The van der Waals surface area contributed by atoms with Crippen molar-refractivity contribution in [3.05, 3.63) is 0 Å². The number of urea groups is 1. The van der Waals surface area contributed by atoms with Crippen LogP contribution in [0.5, 0.6) is 0 Å². The van der Waals surface area contributed by atoms with Gasteiger partial charge >= 0.3 is 6.03 Å². The number of hydrogen-bond acceptors (Lipinski definition) is 3. The van der Waals surface area contributed by atoms with E-state index in [4.69, 9.17) is 4.74 Å². The van der Waals surface area contributed by atoms with E-state index in [0.29, 0.717) is 12.6 Å². The van der Waals surface area contributed by atoms with E-state index in [-0.39, 0.29) is 23.9 Å². The second kappa shape index (κ2) is 8.70. The largest absolute Gasteiger partial charge is 0.381 e. The van der Waals surface area contributed by atoms with Crippen molar-refractivity contribution in [3.63, 3.8) is 0 Å². The molecule has 3 rings (SSSR count). The van der Waals surface area contributed by atoms with Gasteiger partial charge in [-0.1, -0.05) is 19.3 Å². The first-order valence-electron chi connectivity index (χ1n) is 9.66. The predicted octanol–water partition coefficient (Wildman–Crippen LogP) is 2.04. The SMILES string of the molecule is O=C(NC1CCCCC1)[C@@H]1CCCN(C(=O)NC2CCOCC2)C1. The molecule has 2 N–H and O–H groups in total. The Kier molecular flexibility index (Phi) is 6.35. The molecule has 1 aliphatic carbocycles. The summed E-state index contributed by atoms with van der Waals surface area (Å²) in [5.74, 6) is 0.0894. The van der Waals surface area contributed by atoms with Gasteiger partial charge in [0.15, 0.2) is 0 Å². The maximum Gasteiger partial charge on any atom is 0.317 e. The van der Waals surface area contributed by atoms with Gasteiger partial charge in [-0.05, 0) is 38.5 Å². The molecule has 136 valence electrons. The van der Waals surface area contributed by atoms with Crippen LogP contribution in [-0.2, 0) is 9.53 Å². The lowest BCUT2D eigenvalue weighted by atomic mass is 9.93. The number of hydrogen-bond donors (Lipinski definition) is 2. The van der Waals surface area contributed by atoms with Gasteiger partial charge < -0.3 is 20.3 Å². The molecule has 1 atom stereocenters. The lowest BCUT2D eigenvalue weighted by Gasteiger charge is -2.35. The molecule has 3 fully saturated rings. The zero-order chi connectivity index (χ0) is 16.8. The van der Waals surface area contributed by atoms with Gasteiger partial charge in [-0.15, -0.1) is 0 Å². The fourth-order valence-corrected chi connectivity index (χ4v) is 4.05. The molecule has 0 aromatic carbocycles. The van der Waals surface area contributed by atoms with Gasteiger partial charge in [-0.2, -0.15) is 0 Å². The summed E-state index contributed by atoms with van der Waals surface area (Å²) in [6.45, 7) is 2.74. The Morgan fingerprint density at radius 3 is 2.29 bits per heavy atom. The van der Waals surface area contributed by atoms with Crippen molar-refractivity contribution < 1.29 is 14.3 Å². The molecule has 0 spiro atoms. The minimum atomic E-state index is -0.0545. The van der Waals surface area contributed by atoms with Crippen molar-refractivity contribution in [2.75, 3.05) is 26.3 Å². The van der Waals surface area contributed by atoms with E-state index in [9.17, 15) is 9.59 Å². The van der Waals surface area contributed by atoms with E-state index < -0.39 is 0 Å². The fraction of sp³-hybridized carbons (Fsp3) is 0.889. The average molecular weight is 337 g/mol. The summed E-state index contributed by atoms with van der Waals surface area (Å²) in [5.41, 5.74) is 0. The Balaban J connectivity index is 1.45. The van der Waals surface area contributed by atoms with Crippen molar-refractivity contribution in [1.82, 2.24) is 15.5 Å². The summed E-state index contributed by atoms with van der Waals surface area (Å²) in [7, 11) is 0. The van der Waals surface area contributed by atoms with E-state index in [1.54, 1.807) is 0 Å². The van der Waals surface area contributed by atoms with Crippen LogP contribution >= 0.6 is 0 Å². The highest BCUT2D eigenvalue weighted by molar-refractivity contribution is 5.81. The number of carbonyl (C=O) groups excluding carboxylic acids is 2. The van der Waals surface area contributed by atoms with Crippen LogP contribution in [0.3, 0.4) is 0 Å². The summed E-state index contributed by atoms with van der Waals surface area (Å²) < 4.78 is 5.33. The Morgan fingerprint density at radius 2 is 1.54 bits per heavy atom. The van der Waals surface area contributed by atoms with Crippen molar-refractivity contribution >= 4 is 11.9 Å². The quantitative estimate of drug-likeness (QED) is 0.828. The first-order chi connectivity index (χ1) is 11.7. The molecule has 24 heavy (non-hydrogen) atoms. The van der Waals surface area contributed by atoms with Gasteiger partial charge in [0, 0.05) is 38.4 Å². The van der Waals surface area contributed by atoms with Crippen LogP contribution in [0.2, 0.25) is 0 Å². The highest BCUT2D eigenvalue weighted by atomic mass is 16.5. The summed E-state index contributed by atoms with van der Waals surface area (Å²) in [6, 6.07) is 0.539. The zero-order valence-corrected chi connectivity index (χ0v) is 14.6. The molecule has 0 bridgehead atoms. The number of ether oxygens (including phenoxy) is 1. The minimum absolute atomic E-state index is 0.0166. The number of piperidine rings is 1. The average Bonchev–Trinajstić information content (AvgIpc) is 2.63. The fourth-order valence-electron chi connectivity index (χ4n) is 4.05. The third-order valence-corrected chi connectivity index (χ3v) is 5.58. The van der Waals surface area contributed by atoms with Crippen molar-refractivity contribution in [3.8, 4) is 0 Å². The molecule has 2 saturated heterocycles. The van der Waals surface area contributed by atoms with Gasteiger partial charge in [0.25, 0.3) is 0 Å². The van der Waals surface area contributed by atoms with E-state index in [2.05, 4.69) is 10.6 Å². The monoisotopic (exact) mass is 337 g/mol. The van der Waals surface area contributed by atoms with Crippen LogP contribution in [0.15, 0.2) is 0 Å². The van der Waals surface area contributed by atoms with E-state index in [1.165, 1.54) is 19.3 Å². The normalized spacial score (nSPS) is 26.8. The van der Waals surface area contributed by atoms with Gasteiger partial charge in [0.05, 0.1) is 5.92 Å². The highest BCUT2D eigenvalue weighted by Crippen LogP contribution is 2.21. The molecule has 3 amide bonds. The molecular formula is C18H31N3O3. The molecule has 0 unspecified atom stereocenters. The second-order valence-electron chi connectivity index (χ2n) is 7.46. The molecule has 6 nitrogen and oxygen atoms in total. The summed E-state index contributed by atoms with van der Waals surface area (Å²) in [5, 5.41) is 6.32. The topological polar surface area (TPSA) is 70.7 Å². The number of nitrogens with zero attached hydrogens (tertiary/aromatic N) is 1. The van der Waals surface area contributed by atoms with E-state index >= 15 is 0 Å². The van der Waals surface area contributed by atoms with Gasteiger partial charge in [-0.25, -0.2) is 4.79 Å². The molecule has 2 heterocycles. The van der Waals surface area contributed by atoms with Crippen LogP contribution < -0.4 is 10.6 Å². The molecule has 2 aliphatic heterocycles. The summed E-state index contributed by atoms with van der Waals surface area (Å²) in [6.07, 6.45) is 9.49. The Hall–Kier alpha value is -1.30. The number of amides is 3. The van der Waals surface area contributed by atoms with Crippen molar-refractivity contribution in [2.24, 2.45) is 5.92 Å². The van der Waals surface area contributed by atoms with Crippen LogP contribution in [-0.4, -0.2) is 55.2 Å². The predicted molar refractivity (Wildman–Crippen MR) is 91.7 cm³/mol. The maximum absolute atomic E-state index is 12.5. The third-order valence-electron chi connectivity index (χ3n) is 5.58. The Morgan fingerprint density at radius 1 is 0.833 bits per heavy atom. The molecular weight excluding hydrogens is 306 g/mol. The standard InChI is InChI=1S/C18H31N3O3/c22-17(19-15-6-2-1-3-7-15)14-5-4-10-21(13-14)18(23)20-16-8-11-24-12-9-16/h14-16H,1-13H2,(H,19,22)(H,20,23)/t14-/m1/s1. The van der Waals surface area contributed by atoms with Gasteiger partial charge in [0.2, 0.25) is 5.91 Å². The smallest absolute Gasteiger partial charge is 0.317 e. The summed E-state index contributed by atoms with van der Waals surface area (Å²) >= 11 is 0. The Bertz CT molecular complexity index is 393. The van der Waals surface area contributed by atoms with Gasteiger partial charge in [-0.3, -0.25) is 4.79 Å². The number of rotatable bonds is 3. The van der Waals surface area contributed by atoms with Crippen LogP contribution in [0.1, 0.15) is 57.8 Å². The number of carbonyl (C=O) groups is 2. The van der Waals surface area contributed by atoms with E-state index in [0.717, 1.165) is 58.3 Å². The Labute approximate surface area is 144 Å². The molecule has 1 saturated carbocycles. The van der Waals surface area contributed by atoms with Crippen LogP contribution in [0, 0.1) is 5.92 Å². The van der Waals surface area contributed by atoms with Gasteiger partial charge in [0.1, 0.15) is 0 Å². The van der Waals surface area contributed by atoms with Crippen molar-refractivity contribution in [2.45, 2.75) is 69.9 Å². The molecule has 0 aromatic rings. The van der Waals surface area contributed by atoms with Crippen molar-refractivity contribution in [1.29, 1.82) is 0 Å². The second-order valence-corrected chi connectivity index (χ2v) is 7.46. The first kappa shape index (κ1) is 17.5. The lowest BCUT2D eigenvalue weighted by Crippen LogP contribution is -2.52. The molecule has 0 aromatic heterocycles. The lowest BCUT2D eigenvalue weighted by molar-refractivity contribution is -0.127. The van der Waals surface area contributed by atoms with E-state index in [1.807, 2.05) is 4.90 Å². The van der Waals surface area contributed by atoms with Crippen LogP contribution in [0.4, 0.5) is 4.79 Å². The number of likely N-dealkylation sites (tertiary alicyclic amines) is 1. The molecule has 3 aliphatic rings. The zero-order valence-electron chi connectivity index (χ0n) is 14.6. The maximum atomic E-state index is 12.5. The first-order valence-corrected chi connectivity index (χ1v) is 9.66. The molecule has 0 radical (unpaired) electrons. The number of nitrogens with one attached hydrogen (secondary N) is 2. The van der Waals surface area contributed by atoms with Crippen LogP contribution in [0.25, 0.3) is 0 Å².